The van der Waals surface area contributed by atoms with Gasteiger partial charge in [-0.3, -0.25) is 0 Å². The van der Waals surface area contributed by atoms with Gasteiger partial charge >= 0.3 is 0 Å². The molecule has 1 heterocycles. The molecule has 0 aliphatic heterocycles. The second-order valence-electron chi connectivity index (χ2n) is 4.52. The third kappa shape index (κ3) is 2.52. The Balaban J connectivity index is 2.15. The van der Waals surface area contributed by atoms with E-state index in [1.807, 2.05) is 36.4 Å². The quantitative estimate of drug-likeness (QED) is 0.743. The summed E-state index contributed by atoms with van der Waals surface area (Å²) >= 11 is 5.91. The van der Waals surface area contributed by atoms with Gasteiger partial charge in [-0.1, -0.05) is 16.8 Å². The molecule has 3 aromatic rings. The number of nitriles is 1. The minimum absolute atomic E-state index is 0.264. The van der Waals surface area contributed by atoms with Gasteiger partial charge in [0, 0.05) is 10.6 Å². The average molecular weight is 311 g/mol. The van der Waals surface area contributed by atoms with Crippen molar-refractivity contribution in [3.05, 3.63) is 59.2 Å². The van der Waals surface area contributed by atoms with Crippen LogP contribution in [0.1, 0.15) is 5.69 Å². The summed E-state index contributed by atoms with van der Waals surface area (Å²) in [6.07, 6.45) is 0. The number of rotatable bonds is 3. The molecule has 22 heavy (non-hydrogen) atoms. The number of hydrogen-bond acceptors (Lipinski definition) is 4. The average Bonchev–Trinajstić information content (AvgIpc) is 2.99. The summed E-state index contributed by atoms with van der Waals surface area (Å²) in [5.41, 5.74) is 2.51. The van der Waals surface area contributed by atoms with Crippen molar-refractivity contribution >= 4 is 11.6 Å². The number of hydrogen-bond donors (Lipinski definition) is 0. The molecule has 5 nitrogen and oxygen atoms in total. The van der Waals surface area contributed by atoms with Crippen LogP contribution in [0.5, 0.6) is 5.75 Å². The summed E-state index contributed by atoms with van der Waals surface area (Å²) in [7, 11) is 1.61. The first kappa shape index (κ1) is 14.1. The molecule has 0 amide bonds. The third-order valence-electron chi connectivity index (χ3n) is 3.21. The molecule has 108 valence electrons. The second-order valence-corrected chi connectivity index (χ2v) is 4.95. The van der Waals surface area contributed by atoms with Crippen molar-refractivity contribution in [3.8, 4) is 28.8 Å². The Labute approximate surface area is 132 Å². The maximum Gasteiger partial charge on any atom is 0.191 e. The van der Waals surface area contributed by atoms with E-state index in [1.165, 1.54) is 0 Å². The van der Waals surface area contributed by atoms with Crippen LogP contribution in [0.25, 0.3) is 16.9 Å². The molecule has 0 saturated carbocycles. The molecule has 0 N–H and O–H groups in total. The van der Waals surface area contributed by atoms with Crippen LogP contribution in [-0.4, -0.2) is 22.1 Å². The Hall–Kier alpha value is -2.84. The fraction of sp³-hybridized carbons (Fsp3) is 0.0625. The molecule has 6 heteroatoms. The van der Waals surface area contributed by atoms with Gasteiger partial charge in [-0.15, -0.1) is 5.10 Å². The summed E-state index contributed by atoms with van der Waals surface area (Å²) in [5.74, 6) is 0.743. The zero-order chi connectivity index (χ0) is 15.5. The highest BCUT2D eigenvalue weighted by atomic mass is 35.5. The number of aromatic nitrogens is 3. The lowest BCUT2D eigenvalue weighted by Crippen LogP contribution is -1.99. The van der Waals surface area contributed by atoms with E-state index in [0.29, 0.717) is 10.7 Å². The Bertz CT molecular complexity index is 832. The number of halogens is 1. The summed E-state index contributed by atoms with van der Waals surface area (Å²) in [5, 5.41) is 17.9. The summed E-state index contributed by atoms with van der Waals surface area (Å²) < 4.78 is 6.78. The van der Waals surface area contributed by atoms with Crippen LogP contribution < -0.4 is 4.74 Å². The lowest BCUT2D eigenvalue weighted by Gasteiger charge is -2.07. The van der Waals surface area contributed by atoms with Crippen LogP contribution in [0, 0.1) is 11.3 Å². The molecule has 0 bridgehead atoms. The van der Waals surface area contributed by atoms with E-state index < -0.39 is 0 Å². The molecule has 0 spiro atoms. The summed E-state index contributed by atoms with van der Waals surface area (Å²) in [6, 6.07) is 16.6. The first-order chi connectivity index (χ1) is 10.7. The minimum atomic E-state index is 0.264. The van der Waals surface area contributed by atoms with Crippen molar-refractivity contribution in [3.63, 3.8) is 0 Å². The molecule has 0 aliphatic carbocycles. The van der Waals surface area contributed by atoms with Crippen molar-refractivity contribution in [2.24, 2.45) is 0 Å². The van der Waals surface area contributed by atoms with Gasteiger partial charge in [-0.05, 0) is 48.5 Å². The predicted molar refractivity (Wildman–Crippen MR) is 83.1 cm³/mol. The van der Waals surface area contributed by atoms with Crippen LogP contribution in [0.4, 0.5) is 0 Å². The Kier molecular flexibility index (Phi) is 3.77. The highest BCUT2D eigenvalue weighted by Crippen LogP contribution is 2.27. The van der Waals surface area contributed by atoms with E-state index in [4.69, 9.17) is 16.3 Å². The normalized spacial score (nSPS) is 10.2. The van der Waals surface area contributed by atoms with Crippen molar-refractivity contribution in [1.29, 1.82) is 5.26 Å². The molecule has 0 unspecified atom stereocenters. The van der Waals surface area contributed by atoms with E-state index in [-0.39, 0.29) is 5.69 Å². The second kappa shape index (κ2) is 5.88. The van der Waals surface area contributed by atoms with Crippen LogP contribution in [0.3, 0.4) is 0 Å². The Morgan fingerprint density at radius 2 is 1.77 bits per heavy atom. The van der Waals surface area contributed by atoms with Crippen LogP contribution in [0.2, 0.25) is 5.02 Å². The van der Waals surface area contributed by atoms with E-state index in [9.17, 15) is 5.26 Å². The van der Waals surface area contributed by atoms with Crippen molar-refractivity contribution in [2.75, 3.05) is 7.11 Å². The lowest BCUT2D eigenvalue weighted by atomic mass is 10.1. The lowest BCUT2D eigenvalue weighted by molar-refractivity contribution is 0.415. The molecule has 0 radical (unpaired) electrons. The summed E-state index contributed by atoms with van der Waals surface area (Å²) in [4.78, 5) is 0. The molecule has 0 aliphatic rings. The van der Waals surface area contributed by atoms with Gasteiger partial charge in [0.05, 0.1) is 12.8 Å². The van der Waals surface area contributed by atoms with Crippen LogP contribution >= 0.6 is 11.6 Å². The zero-order valence-corrected chi connectivity index (χ0v) is 12.4. The van der Waals surface area contributed by atoms with Crippen molar-refractivity contribution < 1.29 is 4.74 Å². The molecule has 2 aromatic carbocycles. The van der Waals surface area contributed by atoms with Crippen molar-refractivity contribution in [2.45, 2.75) is 0 Å². The molecule has 1 aromatic heterocycles. The van der Waals surface area contributed by atoms with E-state index in [2.05, 4.69) is 16.4 Å². The number of benzene rings is 2. The molecule has 0 saturated heterocycles. The van der Waals surface area contributed by atoms with Gasteiger partial charge in [-0.2, -0.15) is 5.26 Å². The van der Waals surface area contributed by atoms with Gasteiger partial charge < -0.3 is 4.74 Å². The SMILES string of the molecule is COc1ccc(-c2c(C#N)nnn2-c2ccc(Cl)cc2)cc1. The standard InChI is InChI=1S/C16H11ClN4O/c1-22-14-8-2-11(3-9-14)16-15(10-18)19-20-21(16)13-6-4-12(17)5-7-13/h2-9H,1H3. The summed E-state index contributed by atoms with van der Waals surface area (Å²) in [6.45, 7) is 0. The third-order valence-corrected chi connectivity index (χ3v) is 3.46. The molecule has 3 rings (SSSR count). The monoisotopic (exact) mass is 310 g/mol. The molecular weight excluding hydrogens is 300 g/mol. The van der Waals surface area contributed by atoms with Gasteiger partial charge in [0.25, 0.3) is 0 Å². The molecular formula is C16H11ClN4O. The Morgan fingerprint density at radius 3 is 2.36 bits per heavy atom. The fourth-order valence-electron chi connectivity index (χ4n) is 2.13. The van der Waals surface area contributed by atoms with E-state index in [1.54, 1.807) is 23.9 Å². The topological polar surface area (TPSA) is 63.7 Å². The zero-order valence-electron chi connectivity index (χ0n) is 11.7. The molecule has 0 fully saturated rings. The first-order valence-electron chi connectivity index (χ1n) is 6.49. The predicted octanol–water partition coefficient (Wildman–Crippen LogP) is 3.47. The Morgan fingerprint density at radius 1 is 1.09 bits per heavy atom. The molecule has 0 atom stereocenters. The van der Waals surface area contributed by atoms with Crippen LogP contribution in [-0.2, 0) is 0 Å². The van der Waals surface area contributed by atoms with Gasteiger partial charge in [0.1, 0.15) is 17.5 Å². The first-order valence-corrected chi connectivity index (χ1v) is 6.87. The van der Waals surface area contributed by atoms with Gasteiger partial charge in [-0.25, -0.2) is 4.68 Å². The minimum Gasteiger partial charge on any atom is -0.497 e. The highest BCUT2D eigenvalue weighted by Gasteiger charge is 2.16. The van der Waals surface area contributed by atoms with Crippen molar-refractivity contribution in [1.82, 2.24) is 15.0 Å². The van der Waals surface area contributed by atoms with Gasteiger partial charge in [0.15, 0.2) is 5.69 Å². The number of ether oxygens (including phenoxy) is 1. The highest BCUT2D eigenvalue weighted by molar-refractivity contribution is 6.30. The largest absolute Gasteiger partial charge is 0.497 e. The van der Waals surface area contributed by atoms with E-state index in [0.717, 1.165) is 17.0 Å². The number of methoxy groups -OCH3 is 1. The fourth-order valence-corrected chi connectivity index (χ4v) is 2.25. The maximum absolute atomic E-state index is 9.27. The van der Waals surface area contributed by atoms with Crippen LogP contribution in [0.15, 0.2) is 48.5 Å². The number of nitrogens with zero attached hydrogens (tertiary/aromatic N) is 4. The smallest absolute Gasteiger partial charge is 0.191 e. The van der Waals surface area contributed by atoms with E-state index >= 15 is 0 Å². The maximum atomic E-state index is 9.27. The van der Waals surface area contributed by atoms with Gasteiger partial charge in [0.2, 0.25) is 0 Å².